The van der Waals surface area contributed by atoms with E-state index in [0.717, 1.165) is 35.2 Å². The molecule has 0 bridgehead atoms. The van der Waals surface area contributed by atoms with Gasteiger partial charge in [-0.05, 0) is 100 Å². The second-order valence-corrected chi connectivity index (χ2v) is 16.7. The number of hydrogen-bond donors (Lipinski definition) is 0. The molecule has 1 aliphatic carbocycles. The number of aromatic nitrogens is 3. The van der Waals surface area contributed by atoms with E-state index in [9.17, 15) is 18.0 Å². The zero-order valence-corrected chi connectivity index (χ0v) is 30.7. The third kappa shape index (κ3) is 8.39. The number of aryl methyl sites for hydroxylation is 1. The van der Waals surface area contributed by atoms with E-state index in [0.29, 0.717) is 11.8 Å². The van der Waals surface area contributed by atoms with Crippen LogP contribution in [0, 0.1) is 30.6 Å². The van der Waals surface area contributed by atoms with Crippen molar-refractivity contribution < 1.29 is 22.7 Å². The molecule has 6 rings (SSSR count). The molecule has 3 unspecified atom stereocenters. The highest BCUT2D eigenvalue weighted by molar-refractivity contribution is 7.90. The Hall–Kier alpha value is -4.83. The van der Waals surface area contributed by atoms with Crippen molar-refractivity contribution in [2.45, 2.75) is 70.8 Å². The Morgan fingerprint density at radius 2 is 1.51 bits per heavy atom. The minimum atomic E-state index is -3.95. The van der Waals surface area contributed by atoms with E-state index in [1.54, 1.807) is 45.0 Å². The van der Waals surface area contributed by atoms with Crippen LogP contribution in [0.2, 0.25) is 0 Å². The van der Waals surface area contributed by atoms with Gasteiger partial charge in [0.2, 0.25) is 0 Å². The van der Waals surface area contributed by atoms with E-state index in [1.807, 2.05) is 19.1 Å². The van der Waals surface area contributed by atoms with Crippen LogP contribution in [0.5, 0.6) is 0 Å². The molecule has 1 amide bonds. The number of carbonyl (C=O) groups excluding carboxylic acids is 2. The largest absolute Gasteiger partial charge is 0.443 e. The quantitative estimate of drug-likeness (QED) is 0.137. The van der Waals surface area contributed by atoms with E-state index in [1.165, 1.54) is 34.5 Å². The maximum absolute atomic E-state index is 14.2. The molecule has 2 aromatic heterocycles. The fourth-order valence-electron chi connectivity index (χ4n) is 7.22. The van der Waals surface area contributed by atoms with Gasteiger partial charge in [-0.25, -0.2) is 27.2 Å². The van der Waals surface area contributed by atoms with Crippen LogP contribution in [0.15, 0.2) is 108 Å². The van der Waals surface area contributed by atoms with Crippen LogP contribution in [0.3, 0.4) is 0 Å². The topological polar surface area (TPSA) is 111 Å². The second-order valence-electron chi connectivity index (χ2n) is 14.9. The van der Waals surface area contributed by atoms with Gasteiger partial charge in [0, 0.05) is 12.1 Å². The summed E-state index contributed by atoms with van der Waals surface area (Å²) in [5, 5.41) is 0. The summed E-state index contributed by atoms with van der Waals surface area (Å²) in [5.41, 5.74) is 3.06. The fraction of sp³-hybridized carbons (Fsp3) is 0.366. The number of Topliss-reactive ketones (excluding diaryl/α,β-unsaturated/α-hetero) is 1. The molecule has 5 aromatic rings. The minimum Gasteiger partial charge on any atom is -0.443 e. The molecule has 0 radical (unpaired) electrons. The number of anilines is 1. The van der Waals surface area contributed by atoms with Crippen molar-refractivity contribution in [1.29, 1.82) is 0 Å². The molecular weight excluding hydrogens is 661 g/mol. The average molecular weight is 707 g/mol. The summed E-state index contributed by atoms with van der Waals surface area (Å²) in [5.74, 6) is 0.624. The van der Waals surface area contributed by atoms with Crippen LogP contribution in [0.4, 0.5) is 10.6 Å². The SMILES string of the molecule is Cc1ccc(S(=O)(=O)n2ccc3nc(N(CC(=O)C4CC(C(Cc5ccccc5)Cc5ccccc5)CC4C)C(=O)OC(C)(C)C)cnc32)cc1. The Balaban J connectivity index is 1.25. The predicted octanol–water partition coefficient (Wildman–Crippen LogP) is 8.05. The Morgan fingerprint density at radius 3 is 2.10 bits per heavy atom. The molecule has 3 atom stereocenters. The maximum Gasteiger partial charge on any atom is 0.416 e. The first-order chi connectivity index (χ1) is 24.3. The van der Waals surface area contributed by atoms with Crippen molar-refractivity contribution in [2.75, 3.05) is 11.4 Å². The first-order valence-corrected chi connectivity index (χ1v) is 19.0. The molecule has 1 saturated carbocycles. The number of ether oxygens (including phenoxy) is 1. The molecule has 10 heteroatoms. The van der Waals surface area contributed by atoms with Gasteiger partial charge in [-0.1, -0.05) is 85.3 Å². The number of carbonyl (C=O) groups is 2. The highest BCUT2D eigenvalue weighted by atomic mass is 32.2. The Kier molecular flexibility index (Phi) is 10.4. The third-order valence-corrected chi connectivity index (χ3v) is 11.5. The van der Waals surface area contributed by atoms with Crippen molar-refractivity contribution in [3.8, 4) is 0 Å². The van der Waals surface area contributed by atoms with Crippen molar-refractivity contribution >= 4 is 38.9 Å². The number of fused-ring (bicyclic) bond motifs is 1. The number of rotatable bonds is 11. The molecule has 2 heterocycles. The van der Waals surface area contributed by atoms with E-state index in [4.69, 9.17) is 4.74 Å². The molecule has 266 valence electrons. The van der Waals surface area contributed by atoms with Gasteiger partial charge in [-0.3, -0.25) is 9.69 Å². The molecule has 3 aromatic carbocycles. The highest BCUT2D eigenvalue weighted by Crippen LogP contribution is 2.43. The monoisotopic (exact) mass is 706 g/mol. The van der Waals surface area contributed by atoms with E-state index >= 15 is 0 Å². The van der Waals surface area contributed by atoms with Gasteiger partial charge < -0.3 is 4.74 Å². The molecule has 0 aliphatic heterocycles. The van der Waals surface area contributed by atoms with Crippen LogP contribution in [-0.4, -0.2) is 46.4 Å². The lowest BCUT2D eigenvalue weighted by molar-refractivity contribution is -0.122. The standard InChI is InChI=1S/C41H46N4O5S/c1-28-16-18-34(19-17-28)51(48,49)45-21-20-36-39(45)42-26-38(43-36)44(40(47)50-41(3,4)5)27-37(46)35-25-32(22-29(35)2)33(23-30-12-8-6-9-13-30)24-31-14-10-7-11-15-31/h6-21,26,29,32-33,35H,22-25,27H2,1-5H3. The summed E-state index contributed by atoms with van der Waals surface area (Å²) in [6.07, 6.45) is 5.51. The predicted molar refractivity (Wildman–Crippen MR) is 199 cm³/mol. The number of nitrogens with zero attached hydrogens (tertiary/aromatic N) is 4. The lowest BCUT2D eigenvalue weighted by Crippen LogP contribution is -2.42. The van der Waals surface area contributed by atoms with Gasteiger partial charge in [0.15, 0.2) is 17.2 Å². The van der Waals surface area contributed by atoms with E-state index in [2.05, 4.69) is 65.4 Å². The molecular formula is C41H46N4O5S. The van der Waals surface area contributed by atoms with Crippen molar-refractivity contribution in [3.05, 3.63) is 120 Å². The average Bonchev–Trinajstić information content (AvgIpc) is 3.71. The van der Waals surface area contributed by atoms with E-state index in [-0.39, 0.29) is 46.0 Å². The van der Waals surface area contributed by atoms with Crippen LogP contribution in [-0.2, 0) is 32.4 Å². The molecule has 0 spiro atoms. The fourth-order valence-corrected chi connectivity index (χ4v) is 8.52. The van der Waals surface area contributed by atoms with Crippen molar-refractivity contribution in [1.82, 2.24) is 13.9 Å². The Bertz CT molecular complexity index is 2050. The normalized spacial score (nSPS) is 17.9. The highest BCUT2D eigenvalue weighted by Gasteiger charge is 2.41. The molecule has 1 fully saturated rings. The molecule has 9 nitrogen and oxygen atoms in total. The molecule has 0 saturated heterocycles. The first kappa shape index (κ1) is 36.0. The van der Waals surface area contributed by atoms with Gasteiger partial charge in [-0.2, -0.15) is 0 Å². The van der Waals surface area contributed by atoms with Gasteiger partial charge in [-0.15, -0.1) is 0 Å². The van der Waals surface area contributed by atoms with Gasteiger partial charge in [0.1, 0.15) is 11.1 Å². The smallest absolute Gasteiger partial charge is 0.416 e. The van der Waals surface area contributed by atoms with Crippen LogP contribution >= 0.6 is 0 Å². The number of benzene rings is 3. The summed E-state index contributed by atoms with van der Waals surface area (Å²) in [6, 6.07) is 29.1. The van der Waals surface area contributed by atoms with Gasteiger partial charge >= 0.3 is 6.09 Å². The second kappa shape index (κ2) is 14.8. The summed E-state index contributed by atoms with van der Waals surface area (Å²) >= 11 is 0. The van der Waals surface area contributed by atoms with Crippen LogP contribution < -0.4 is 4.90 Å². The Morgan fingerprint density at radius 1 is 0.902 bits per heavy atom. The van der Waals surface area contributed by atoms with Crippen LogP contribution in [0.25, 0.3) is 11.2 Å². The Labute approximate surface area is 300 Å². The summed E-state index contributed by atoms with van der Waals surface area (Å²) in [4.78, 5) is 38.3. The first-order valence-electron chi connectivity index (χ1n) is 17.6. The summed E-state index contributed by atoms with van der Waals surface area (Å²) in [7, 11) is -3.95. The molecule has 1 aliphatic rings. The minimum absolute atomic E-state index is 0.0598. The third-order valence-electron chi connectivity index (χ3n) is 9.80. The van der Waals surface area contributed by atoms with E-state index < -0.39 is 21.7 Å². The van der Waals surface area contributed by atoms with Crippen molar-refractivity contribution in [2.24, 2.45) is 23.7 Å². The maximum atomic E-state index is 14.2. The lowest BCUT2D eigenvalue weighted by Gasteiger charge is -2.27. The van der Waals surface area contributed by atoms with Crippen molar-refractivity contribution in [3.63, 3.8) is 0 Å². The number of hydrogen-bond acceptors (Lipinski definition) is 7. The molecule has 51 heavy (non-hydrogen) atoms. The summed E-state index contributed by atoms with van der Waals surface area (Å²) in [6.45, 7) is 9.07. The zero-order valence-electron chi connectivity index (χ0n) is 29.9. The lowest BCUT2D eigenvalue weighted by atomic mass is 9.80. The van der Waals surface area contributed by atoms with Gasteiger partial charge in [0.25, 0.3) is 10.0 Å². The number of amides is 1. The zero-order chi connectivity index (χ0) is 36.3. The molecule has 0 N–H and O–H groups in total. The van der Waals surface area contributed by atoms with Gasteiger partial charge in [0.05, 0.1) is 17.6 Å². The summed E-state index contributed by atoms with van der Waals surface area (Å²) < 4.78 is 33.8. The van der Waals surface area contributed by atoms with Crippen LogP contribution in [0.1, 0.15) is 57.2 Å². The number of ketones is 1.